The SMILES string of the molecule is C=C1/C=C(n2c3ccccc3c3ccccc32)\C=C/COc2ccc(-c3ccc(-n4c5ccccc5c5ccccc54)cc3)cc21. The highest BCUT2D eigenvalue weighted by Gasteiger charge is 2.16. The second-order valence-corrected chi connectivity index (χ2v) is 11.8. The molecule has 46 heavy (non-hydrogen) atoms. The highest BCUT2D eigenvalue weighted by atomic mass is 16.5. The van der Waals surface area contributed by atoms with Gasteiger partial charge in [0.15, 0.2) is 0 Å². The molecule has 1 aliphatic rings. The number of ether oxygens (including phenoxy) is 1. The Morgan fingerprint density at radius 2 is 1.02 bits per heavy atom. The molecular formula is C43H30N2O. The third-order valence-electron chi connectivity index (χ3n) is 9.15. The predicted molar refractivity (Wildman–Crippen MR) is 194 cm³/mol. The molecule has 1 aliphatic heterocycles. The molecule has 0 atom stereocenters. The van der Waals surface area contributed by atoms with Crippen LogP contribution >= 0.6 is 0 Å². The zero-order valence-corrected chi connectivity index (χ0v) is 25.2. The van der Waals surface area contributed by atoms with E-state index in [0.717, 1.165) is 39.4 Å². The molecule has 8 aromatic rings. The van der Waals surface area contributed by atoms with Crippen LogP contribution in [0.25, 0.3) is 71.7 Å². The molecule has 0 saturated carbocycles. The van der Waals surface area contributed by atoms with E-state index in [9.17, 15) is 0 Å². The summed E-state index contributed by atoms with van der Waals surface area (Å²) in [6.07, 6.45) is 6.40. The van der Waals surface area contributed by atoms with Crippen LogP contribution in [0.4, 0.5) is 0 Å². The van der Waals surface area contributed by atoms with Crippen molar-refractivity contribution >= 4 is 54.9 Å². The van der Waals surface area contributed by atoms with Gasteiger partial charge in [-0.05, 0) is 83.5 Å². The van der Waals surface area contributed by atoms with E-state index >= 15 is 0 Å². The molecule has 0 unspecified atom stereocenters. The summed E-state index contributed by atoms with van der Waals surface area (Å²) in [6.45, 7) is 5.03. The number of fused-ring (bicyclic) bond motifs is 7. The predicted octanol–water partition coefficient (Wildman–Crippen LogP) is 11.1. The number of nitrogens with zero attached hydrogens (tertiary/aromatic N) is 2. The number of hydrogen-bond acceptors (Lipinski definition) is 1. The summed E-state index contributed by atoms with van der Waals surface area (Å²) in [5.74, 6) is 0.833. The van der Waals surface area contributed by atoms with Gasteiger partial charge in [0, 0.05) is 38.5 Å². The summed E-state index contributed by atoms with van der Waals surface area (Å²) in [5, 5.41) is 5.00. The first-order valence-electron chi connectivity index (χ1n) is 15.7. The van der Waals surface area contributed by atoms with Crippen LogP contribution in [-0.2, 0) is 0 Å². The molecule has 0 bridgehead atoms. The second-order valence-electron chi connectivity index (χ2n) is 11.8. The lowest BCUT2D eigenvalue weighted by atomic mass is 9.98. The molecule has 0 saturated heterocycles. The van der Waals surface area contributed by atoms with Gasteiger partial charge in [0.1, 0.15) is 12.4 Å². The van der Waals surface area contributed by atoms with Crippen molar-refractivity contribution in [3.8, 4) is 22.6 Å². The summed E-state index contributed by atoms with van der Waals surface area (Å²) < 4.78 is 10.9. The van der Waals surface area contributed by atoms with Gasteiger partial charge in [-0.3, -0.25) is 0 Å². The molecule has 0 amide bonds. The number of benzene rings is 6. The van der Waals surface area contributed by atoms with Crippen LogP contribution in [-0.4, -0.2) is 15.7 Å². The number of para-hydroxylation sites is 4. The van der Waals surface area contributed by atoms with Gasteiger partial charge < -0.3 is 13.9 Å². The Morgan fingerprint density at radius 3 is 1.59 bits per heavy atom. The summed E-state index contributed by atoms with van der Waals surface area (Å²) in [5.41, 5.74) is 11.1. The second kappa shape index (κ2) is 10.5. The monoisotopic (exact) mass is 590 g/mol. The number of hydrogen-bond donors (Lipinski definition) is 0. The van der Waals surface area contributed by atoms with Crippen LogP contribution in [0.3, 0.4) is 0 Å². The van der Waals surface area contributed by atoms with E-state index in [2.05, 4.69) is 173 Å². The van der Waals surface area contributed by atoms with Crippen molar-refractivity contribution < 1.29 is 4.74 Å². The lowest BCUT2D eigenvalue weighted by molar-refractivity contribution is 0.362. The van der Waals surface area contributed by atoms with E-state index in [0.29, 0.717) is 6.61 Å². The first-order chi connectivity index (χ1) is 22.7. The minimum Gasteiger partial charge on any atom is -0.489 e. The molecule has 0 fully saturated rings. The van der Waals surface area contributed by atoms with Crippen LogP contribution in [0.2, 0.25) is 0 Å². The fraction of sp³-hybridized carbons (Fsp3) is 0.0233. The average Bonchev–Trinajstić information content (AvgIpc) is 3.64. The molecule has 0 N–H and O–H groups in total. The maximum absolute atomic E-state index is 6.27. The van der Waals surface area contributed by atoms with Gasteiger partial charge in [0.2, 0.25) is 0 Å². The molecule has 3 heteroatoms. The Hall–Kier alpha value is -6.06. The quantitative estimate of drug-likeness (QED) is 0.200. The molecule has 6 aromatic carbocycles. The lowest BCUT2D eigenvalue weighted by Crippen LogP contribution is -1.97. The number of allylic oxidation sites excluding steroid dienone is 4. The molecule has 0 radical (unpaired) electrons. The van der Waals surface area contributed by atoms with Gasteiger partial charge in [-0.15, -0.1) is 0 Å². The molecule has 218 valence electrons. The van der Waals surface area contributed by atoms with Crippen LogP contribution < -0.4 is 4.74 Å². The smallest absolute Gasteiger partial charge is 0.127 e. The Morgan fingerprint density at radius 1 is 0.522 bits per heavy atom. The molecule has 0 spiro atoms. The number of rotatable bonds is 3. The Kier molecular flexibility index (Phi) is 6.04. The van der Waals surface area contributed by atoms with Crippen molar-refractivity contribution in [2.24, 2.45) is 0 Å². The van der Waals surface area contributed by atoms with Crippen LogP contribution in [0.1, 0.15) is 5.56 Å². The summed E-state index contributed by atoms with van der Waals surface area (Å²) in [4.78, 5) is 0. The van der Waals surface area contributed by atoms with Crippen molar-refractivity contribution in [2.75, 3.05) is 6.61 Å². The number of aromatic nitrogens is 2. The largest absolute Gasteiger partial charge is 0.489 e. The van der Waals surface area contributed by atoms with E-state index in [1.165, 1.54) is 43.6 Å². The highest BCUT2D eigenvalue weighted by Crippen LogP contribution is 2.37. The van der Waals surface area contributed by atoms with Gasteiger partial charge in [-0.25, -0.2) is 0 Å². The minimum atomic E-state index is 0.474. The summed E-state index contributed by atoms with van der Waals surface area (Å²) >= 11 is 0. The van der Waals surface area contributed by atoms with Crippen molar-refractivity contribution in [3.63, 3.8) is 0 Å². The van der Waals surface area contributed by atoms with Crippen molar-refractivity contribution in [2.45, 2.75) is 0 Å². The standard InChI is InChI=1S/C43H30N2O/c1-29-27-33(45-41-18-8-4-14-36(41)37-15-5-9-19-42(37)45)11-10-26-46-43-25-22-31(28-38(29)43)30-20-23-32(24-21-30)44-39-16-6-2-12-34(39)35-13-3-7-17-40(35)44/h2-25,27-28H,1,26H2/b11-10-,33-27+. The molecule has 2 aromatic heterocycles. The van der Waals surface area contributed by atoms with Crippen LogP contribution in [0.5, 0.6) is 5.75 Å². The summed E-state index contributed by atoms with van der Waals surface area (Å²) in [6, 6.07) is 49.7. The Labute approximate surface area is 267 Å². The van der Waals surface area contributed by atoms with Crippen molar-refractivity contribution in [1.29, 1.82) is 0 Å². The third kappa shape index (κ3) is 4.13. The van der Waals surface area contributed by atoms with Gasteiger partial charge in [-0.1, -0.05) is 97.6 Å². The van der Waals surface area contributed by atoms with Crippen LogP contribution in [0.15, 0.2) is 164 Å². The van der Waals surface area contributed by atoms with Gasteiger partial charge in [0.05, 0.1) is 22.1 Å². The Balaban J connectivity index is 1.12. The maximum atomic E-state index is 6.27. The van der Waals surface area contributed by atoms with Crippen molar-refractivity contribution in [3.05, 3.63) is 170 Å². The Bertz CT molecular complexity index is 2430. The van der Waals surface area contributed by atoms with E-state index in [1.54, 1.807) is 0 Å². The zero-order valence-electron chi connectivity index (χ0n) is 25.2. The highest BCUT2D eigenvalue weighted by molar-refractivity contribution is 6.11. The van der Waals surface area contributed by atoms with Gasteiger partial charge in [-0.2, -0.15) is 0 Å². The van der Waals surface area contributed by atoms with Gasteiger partial charge in [0.25, 0.3) is 0 Å². The normalized spacial score (nSPS) is 15.2. The fourth-order valence-electron chi connectivity index (χ4n) is 7.04. The lowest BCUT2D eigenvalue weighted by Gasteiger charge is -2.14. The third-order valence-corrected chi connectivity index (χ3v) is 9.15. The van der Waals surface area contributed by atoms with E-state index in [1.807, 2.05) is 0 Å². The minimum absolute atomic E-state index is 0.474. The summed E-state index contributed by atoms with van der Waals surface area (Å²) in [7, 11) is 0. The molecule has 3 heterocycles. The fourth-order valence-corrected chi connectivity index (χ4v) is 7.04. The first-order valence-corrected chi connectivity index (χ1v) is 15.7. The van der Waals surface area contributed by atoms with E-state index in [-0.39, 0.29) is 0 Å². The average molecular weight is 591 g/mol. The molecule has 0 aliphatic carbocycles. The van der Waals surface area contributed by atoms with Crippen molar-refractivity contribution in [1.82, 2.24) is 9.13 Å². The van der Waals surface area contributed by atoms with Crippen LogP contribution in [0, 0.1) is 0 Å². The molecular weight excluding hydrogens is 560 g/mol. The zero-order chi connectivity index (χ0) is 30.6. The topological polar surface area (TPSA) is 19.1 Å². The molecule has 9 rings (SSSR count). The van der Waals surface area contributed by atoms with E-state index < -0.39 is 0 Å². The maximum Gasteiger partial charge on any atom is 0.127 e. The van der Waals surface area contributed by atoms with Gasteiger partial charge >= 0.3 is 0 Å². The first kappa shape index (κ1) is 26.4. The molecule has 3 nitrogen and oxygen atoms in total. The van der Waals surface area contributed by atoms with E-state index in [4.69, 9.17) is 4.74 Å².